The predicted molar refractivity (Wildman–Crippen MR) is 190 cm³/mol. The number of phenols is 1. The third kappa shape index (κ3) is 8.25. The van der Waals surface area contributed by atoms with Crippen LogP contribution in [0.15, 0.2) is 52.5 Å². The van der Waals surface area contributed by atoms with E-state index in [4.69, 9.17) is 16.3 Å². The lowest BCUT2D eigenvalue weighted by atomic mass is 10.0. The van der Waals surface area contributed by atoms with E-state index in [0.29, 0.717) is 11.3 Å². The zero-order valence-corrected chi connectivity index (χ0v) is 29.9. The quantitative estimate of drug-likeness (QED) is 0.0301. The average molecular weight is 786 g/mol. The maximum atomic E-state index is 13.4. The number of aliphatic carboxylic acids is 2. The van der Waals surface area contributed by atoms with E-state index in [1.807, 2.05) is 0 Å². The molecule has 21 nitrogen and oxygen atoms in total. The lowest BCUT2D eigenvalue weighted by molar-refractivity contribution is -0.691. The molecule has 11 N–H and O–H groups in total. The van der Waals surface area contributed by atoms with Crippen molar-refractivity contribution in [1.29, 1.82) is 0 Å². The lowest BCUT2D eigenvalue weighted by Crippen LogP contribution is -2.71. The molecule has 3 amide bonds. The van der Waals surface area contributed by atoms with Gasteiger partial charge in [-0.05, 0) is 37.0 Å². The number of aromatic nitrogens is 3. The number of thioether (sulfide) groups is 1. The zero-order chi connectivity index (χ0) is 39.5. The molecule has 1 aromatic carbocycles. The molecule has 4 heterocycles. The van der Waals surface area contributed by atoms with Crippen LogP contribution in [0.2, 0.25) is 0 Å². The smallest absolute Gasteiger partial charge is 0.352 e. The molecule has 2 atom stereocenters. The van der Waals surface area contributed by atoms with Crippen LogP contribution >= 0.6 is 23.1 Å². The van der Waals surface area contributed by atoms with E-state index >= 15 is 0 Å². The molecular weight excluding hydrogens is 753 g/mol. The number of oxime groups is 1. The van der Waals surface area contributed by atoms with Crippen molar-refractivity contribution in [3.05, 3.63) is 64.2 Å². The standard InChI is InChI=1S/C31H32N10O11S2/c1-31(2,29(50)51)52-39-19(17-11-54-30(33)37-17)24(44)38-20-25(45)41-21(28(48)49)14(10-53-26(20)41)8-40-9-16(22(32)36-12-40)34-5-6-35-23(43)13-3-4-18(42)15(7-13)27(46)47/h3-4,7,9,11-12,20,26,32,34H,5-6,8,10H2,1-2H3,(H8,33,35,37,38,42,43,44,46,47,48,49,50,51)/p+1/b39-19-/t20-,26-/m1/s1. The minimum atomic E-state index is -1.81. The Balaban J connectivity index is 1.24. The Morgan fingerprint density at radius 2 is 1.87 bits per heavy atom. The molecular formula is C31H33N10O11S2+. The Labute approximate surface area is 312 Å². The molecule has 5 rings (SSSR count). The van der Waals surface area contributed by atoms with Crippen LogP contribution in [0.5, 0.6) is 5.75 Å². The highest BCUT2D eigenvalue weighted by Gasteiger charge is 2.54. The van der Waals surface area contributed by atoms with E-state index in [0.717, 1.165) is 28.4 Å². The number of β-lactam (4-membered cyclic amide) rings is 1. The number of nitrogens with two attached hydrogens (primary N) is 2. The van der Waals surface area contributed by atoms with Crippen molar-refractivity contribution >= 4 is 81.1 Å². The summed E-state index contributed by atoms with van der Waals surface area (Å²) >= 11 is 2.19. The van der Waals surface area contributed by atoms with Crippen LogP contribution in [0.3, 0.4) is 0 Å². The van der Waals surface area contributed by atoms with Gasteiger partial charge in [-0.25, -0.2) is 23.9 Å². The van der Waals surface area contributed by atoms with Gasteiger partial charge in [-0.1, -0.05) is 5.16 Å². The number of carbonyl (C=O) groups excluding carboxylic acids is 3. The van der Waals surface area contributed by atoms with Crippen molar-refractivity contribution in [2.75, 3.05) is 35.6 Å². The average Bonchev–Trinajstić information content (AvgIpc) is 3.55. The number of thiazole rings is 1. The molecule has 0 unspecified atom stereocenters. The molecule has 1 fully saturated rings. The van der Waals surface area contributed by atoms with Gasteiger partial charge in [0.1, 0.15) is 52.5 Å². The minimum Gasteiger partial charge on any atom is -0.507 e. The molecule has 2 aromatic heterocycles. The number of hydrogen-bond acceptors (Lipinski definition) is 16. The molecule has 23 heteroatoms. The highest BCUT2D eigenvalue weighted by molar-refractivity contribution is 8.00. The van der Waals surface area contributed by atoms with E-state index in [-0.39, 0.29) is 53.3 Å². The summed E-state index contributed by atoms with van der Waals surface area (Å²) in [6, 6.07) is 2.26. The molecule has 2 aliphatic heterocycles. The Bertz CT molecular complexity index is 2120. The van der Waals surface area contributed by atoms with Gasteiger partial charge < -0.3 is 52.7 Å². The van der Waals surface area contributed by atoms with Crippen molar-refractivity contribution in [2.45, 2.75) is 37.4 Å². The fourth-order valence-electron chi connectivity index (χ4n) is 5.05. The molecule has 0 saturated carbocycles. The second-order valence-corrected chi connectivity index (χ2v) is 14.1. The number of carboxylic acid groups (broad SMARTS) is 3. The number of rotatable bonds is 15. The second-order valence-electron chi connectivity index (χ2n) is 12.1. The van der Waals surface area contributed by atoms with Gasteiger partial charge in [-0.15, -0.1) is 23.1 Å². The molecule has 3 aromatic rings. The van der Waals surface area contributed by atoms with Gasteiger partial charge in [-0.2, -0.15) is 0 Å². The fourth-order valence-corrected chi connectivity index (χ4v) is 6.94. The topological polar surface area (TPSA) is 326 Å². The van der Waals surface area contributed by atoms with E-state index in [2.05, 4.69) is 31.1 Å². The van der Waals surface area contributed by atoms with E-state index in [1.165, 1.54) is 43.4 Å². The first-order chi connectivity index (χ1) is 25.5. The second kappa shape index (κ2) is 15.6. The van der Waals surface area contributed by atoms with Gasteiger partial charge in [-0.3, -0.25) is 19.3 Å². The summed E-state index contributed by atoms with van der Waals surface area (Å²) < 4.78 is 1.55. The van der Waals surface area contributed by atoms with Gasteiger partial charge in [0.05, 0.1) is 0 Å². The van der Waals surface area contributed by atoms with Crippen molar-refractivity contribution in [1.82, 2.24) is 25.5 Å². The van der Waals surface area contributed by atoms with Crippen LogP contribution in [0, 0.1) is 0 Å². The number of amides is 3. The van der Waals surface area contributed by atoms with Gasteiger partial charge in [0.2, 0.25) is 5.60 Å². The van der Waals surface area contributed by atoms with Crippen LogP contribution in [0.25, 0.3) is 0 Å². The van der Waals surface area contributed by atoms with Crippen LogP contribution in [-0.2, 0) is 30.6 Å². The van der Waals surface area contributed by atoms with Crippen molar-refractivity contribution < 1.29 is 58.6 Å². The summed E-state index contributed by atoms with van der Waals surface area (Å²) in [7, 11) is 0. The Morgan fingerprint density at radius 3 is 2.52 bits per heavy atom. The number of aromatic hydroxyl groups is 1. The van der Waals surface area contributed by atoms with Gasteiger partial charge >= 0.3 is 17.9 Å². The normalized spacial score (nSPS) is 16.9. The van der Waals surface area contributed by atoms with E-state index in [9.17, 15) is 49.2 Å². The first-order valence-electron chi connectivity index (χ1n) is 15.6. The molecule has 0 aliphatic carbocycles. The Morgan fingerprint density at radius 1 is 1.13 bits per heavy atom. The SMILES string of the molecule is CC(C)(O/N=C(\C(=O)N[C@@H]1C(=O)N2C(C(=O)O)=C(C[n+]3cnc(N)c(NCCNC(=O)c4ccc(O)c(C(=O)O)c4)c3)CS[C@H]12)c1csc(N)n1)C(=O)O. The Hall–Kier alpha value is -6.49. The van der Waals surface area contributed by atoms with E-state index in [1.54, 1.807) is 10.8 Å². The van der Waals surface area contributed by atoms with Crippen LogP contribution in [0.4, 0.5) is 16.6 Å². The fraction of sp³-hybridized carbons (Fsp3) is 0.290. The molecule has 2 aliphatic rings. The maximum absolute atomic E-state index is 13.4. The first kappa shape index (κ1) is 38.7. The van der Waals surface area contributed by atoms with Crippen molar-refractivity contribution in [3.8, 4) is 5.75 Å². The number of aromatic carboxylic acids is 1. The molecule has 0 bridgehead atoms. The molecule has 0 radical (unpaired) electrons. The van der Waals surface area contributed by atoms with Gasteiger partial charge in [0, 0.05) is 35.4 Å². The highest BCUT2D eigenvalue weighted by Crippen LogP contribution is 2.40. The third-order valence-electron chi connectivity index (χ3n) is 7.90. The zero-order valence-electron chi connectivity index (χ0n) is 28.3. The van der Waals surface area contributed by atoms with Crippen LogP contribution < -0.4 is 32.0 Å². The number of fused-ring (bicyclic) bond motifs is 1. The van der Waals surface area contributed by atoms with Gasteiger partial charge in [0.15, 0.2) is 10.8 Å². The number of nitrogens with zero attached hydrogens (tertiary/aromatic N) is 5. The lowest BCUT2D eigenvalue weighted by Gasteiger charge is -2.49. The predicted octanol–water partition coefficient (Wildman–Crippen LogP) is -0.742. The number of carboxylic acids is 3. The first-order valence-corrected chi connectivity index (χ1v) is 17.6. The number of benzene rings is 1. The monoisotopic (exact) mass is 785 g/mol. The number of nitrogens with one attached hydrogen (secondary N) is 3. The summed E-state index contributed by atoms with van der Waals surface area (Å²) in [5.41, 5.74) is 9.49. The molecule has 54 heavy (non-hydrogen) atoms. The molecule has 284 valence electrons. The number of carbonyl (C=O) groups is 6. The number of hydrogen-bond donors (Lipinski definition) is 9. The van der Waals surface area contributed by atoms with E-state index < -0.39 is 69.7 Å². The molecule has 0 spiro atoms. The van der Waals surface area contributed by atoms with Crippen LogP contribution in [0.1, 0.15) is 40.3 Å². The summed E-state index contributed by atoms with van der Waals surface area (Å²) in [4.78, 5) is 88.8. The summed E-state index contributed by atoms with van der Waals surface area (Å²) in [5.74, 6) is -6.57. The highest BCUT2D eigenvalue weighted by atomic mass is 32.2. The maximum Gasteiger partial charge on any atom is 0.352 e. The number of nitrogen functional groups attached to an aromatic ring is 2. The third-order valence-corrected chi connectivity index (χ3v) is 9.91. The van der Waals surface area contributed by atoms with Crippen molar-refractivity contribution in [3.63, 3.8) is 0 Å². The van der Waals surface area contributed by atoms with Crippen molar-refractivity contribution in [2.24, 2.45) is 5.16 Å². The Kier molecular flexibility index (Phi) is 11.2. The van der Waals surface area contributed by atoms with Crippen LogP contribution in [-0.4, -0.2) is 112 Å². The minimum absolute atomic E-state index is 0.00757. The summed E-state index contributed by atoms with van der Waals surface area (Å²) in [6.45, 7) is 2.67. The summed E-state index contributed by atoms with van der Waals surface area (Å²) in [6.07, 6.45) is 2.93. The summed E-state index contributed by atoms with van der Waals surface area (Å²) in [5, 5.41) is 50.9. The molecule has 1 saturated heterocycles. The van der Waals surface area contributed by atoms with Gasteiger partial charge in [0.25, 0.3) is 29.9 Å². The number of anilines is 3. The largest absolute Gasteiger partial charge is 0.507 e.